The highest BCUT2D eigenvalue weighted by Gasteiger charge is 2.26. The largest absolute Gasteiger partial charge is 0.481 e. The number of amides is 2. The van der Waals surface area contributed by atoms with Gasteiger partial charge in [0.2, 0.25) is 0 Å². The molecule has 0 radical (unpaired) electrons. The summed E-state index contributed by atoms with van der Waals surface area (Å²) >= 11 is 6.12. The summed E-state index contributed by atoms with van der Waals surface area (Å²) in [4.78, 5) is 36.2. The molecule has 0 saturated carbocycles. The van der Waals surface area contributed by atoms with Crippen molar-refractivity contribution < 1.29 is 29.8 Å². The van der Waals surface area contributed by atoms with E-state index in [0.717, 1.165) is 13.0 Å². The van der Waals surface area contributed by atoms with Crippen LogP contribution in [0.5, 0.6) is 0 Å². The first-order chi connectivity index (χ1) is 12.2. The Balaban J connectivity index is 0.000000765. The Morgan fingerprint density at radius 2 is 2.04 bits per heavy atom. The van der Waals surface area contributed by atoms with E-state index >= 15 is 0 Å². The van der Waals surface area contributed by atoms with Gasteiger partial charge >= 0.3 is 6.09 Å². The third-order valence-electron chi connectivity index (χ3n) is 3.20. The minimum absolute atomic E-state index is 0.0392. The summed E-state index contributed by atoms with van der Waals surface area (Å²) in [6.45, 7) is 1.94. The third-order valence-corrected chi connectivity index (χ3v) is 3.49. The van der Waals surface area contributed by atoms with Crippen molar-refractivity contribution in [1.29, 1.82) is 0 Å². The van der Waals surface area contributed by atoms with Crippen molar-refractivity contribution >= 4 is 41.5 Å². The van der Waals surface area contributed by atoms with Gasteiger partial charge in [-0.3, -0.25) is 14.8 Å². The van der Waals surface area contributed by atoms with Gasteiger partial charge < -0.3 is 20.4 Å². The molecule has 1 saturated heterocycles. The number of pyridine rings is 1. The number of halogens is 1. The molecule has 142 valence electrons. The van der Waals surface area contributed by atoms with Gasteiger partial charge in [0, 0.05) is 38.3 Å². The molecule has 2 heterocycles. The monoisotopic (exact) mass is 386 g/mol. The molecule has 0 bridgehead atoms. The van der Waals surface area contributed by atoms with Crippen molar-refractivity contribution in [2.75, 3.05) is 18.4 Å². The van der Waals surface area contributed by atoms with Crippen LogP contribution in [0.4, 0.5) is 10.6 Å². The Morgan fingerprint density at radius 1 is 1.38 bits per heavy atom. The second-order valence-electron chi connectivity index (χ2n) is 5.29. The molecule has 26 heavy (non-hydrogen) atoms. The highest BCUT2D eigenvalue weighted by Crippen LogP contribution is 2.23. The normalized spacial score (nSPS) is 16.0. The first kappa shape index (κ1) is 21.2. The van der Waals surface area contributed by atoms with Crippen LogP contribution in [0.2, 0.25) is 5.02 Å². The number of hydrogen-bond acceptors (Lipinski definition) is 6. The maximum Gasteiger partial charge on any atom is 0.407 e. The molecule has 0 aromatic carbocycles. The van der Waals surface area contributed by atoms with Crippen LogP contribution in [0.1, 0.15) is 18.9 Å². The standard InChI is InChI=1S/C13H15ClN4O4.C2H4O2/c14-10-5-8(1-2-11(19)17-22)6-15-12(10)16-9-3-4-18(7-9)13(20)21;1-2(3)4/h1-2,5-6,9,22H,3-4,7H2,(H,15,16)(H,17,19)(H,20,21);1H3,(H,3,4)/b2-1+;/t9-;/m1./s1. The first-order valence-corrected chi connectivity index (χ1v) is 7.82. The molecule has 1 aliphatic rings. The molecule has 1 atom stereocenters. The minimum Gasteiger partial charge on any atom is -0.481 e. The smallest absolute Gasteiger partial charge is 0.407 e. The molecule has 11 heteroatoms. The average molecular weight is 387 g/mol. The second-order valence-corrected chi connectivity index (χ2v) is 5.69. The van der Waals surface area contributed by atoms with Crippen LogP contribution in [-0.2, 0) is 9.59 Å². The molecule has 0 unspecified atom stereocenters. The van der Waals surface area contributed by atoms with Crippen LogP contribution in [0.3, 0.4) is 0 Å². The van der Waals surface area contributed by atoms with E-state index in [1.165, 1.54) is 22.7 Å². The number of carbonyl (C=O) groups is 3. The van der Waals surface area contributed by atoms with E-state index in [0.29, 0.717) is 35.9 Å². The fourth-order valence-electron chi connectivity index (χ4n) is 2.10. The van der Waals surface area contributed by atoms with Crippen LogP contribution in [-0.4, -0.2) is 62.4 Å². The lowest BCUT2D eigenvalue weighted by atomic mass is 10.2. The van der Waals surface area contributed by atoms with Crippen LogP contribution < -0.4 is 10.8 Å². The predicted molar refractivity (Wildman–Crippen MR) is 93.1 cm³/mol. The quantitative estimate of drug-likeness (QED) is 0.296. The Morgan fingerprint density at radius 3 is 2.54 bits per heavy atom. The molecule has 2 rings (SSSR count). The molecular weight excluding hydrogens is 368 g/mol. The lowest BCUT2D eigenvalue weighted by molar-refractivity contribution is -0.134. The van der Waals surface area contributed by atoms with Crippen LogP contribution in [0, 0.1) is 0 Å². The Hall–Kier alpha value is -2.85. The number of carbonyl (C=O) groups excluding carboxylic acids is 1. The number of anilines is 1. The molecule has 10 nitrogen and oxygen atoms in total. The zero-order valence-corrected chi connectivity index (χ0v) is 14.6. The van der Waals surface area contributed by atoms with E-state index in [-0.39, 0.29) is 6.04 Å². The molecule has 0 spiro atoms. The zero-order valence-electron chi connectivity index (χ0n) is 13.8. The number of carboxylic acid groups (broad SMARTS) is 2. The Kier molecular flexibility index (Phi) is 8.32. The van der Waals surface area contributed by atoms with E-state index in [2.05, 4.69) is 10.3 Å². The Labute approximate surface area is 154 Å². The number of aromatic nitrogens is 1. The topological polar surface area (TPSA) is 152 Å². The zero-order chi connectivity index (χ0) is 19.7. The van der Waals surface area contributed by atoms with Crippen LogP contribution in [0.25, 0.3) is 6.08 Å². The van der Waals surface area contributed by atoms with Crippen molar-refractivity contribution in [1.82, 2.24) is 15.4 Å². The van der Waals surface area contributed by atoms with E-state index in [4.69, 9.17) is 31.8 Å². The van der Waals surface area contributed by atoms with Gasteiger partial charge in [0.25, 0.3) is 11.9 Å². The third kappa shape index (κ3) is 7.36. The van der Waals surface area contributed by atoms with Gasteiger partial charge in [0.05, 0.1) is 5.02 Å². The van der Waals surface area contributed by atoms with Crippen LogP contribution >= 0.6 is 11.6 Å². The van der Waals surface area contributed by atoms with Crippen molar-refractivity contribution in [2.45, 2.75) is 19.4 Å². The fraction of sp³-hybridized carbons (Fsp3) is 0.333. The number of rotatable bonds is 4. The lowest BCUT2D eigenvalue weighted by Crippen LogP contribution is -2.30. The number of nitrogens with one attached hydrogen (secondary N) is 2. The van der Waals surface area contributed by atoms with Gasteiger partial charge in [-0.05, 0) is 24.1 Å². The van der Waals surface area contributed by atoms with Gasteiger partial charge in [0.15, 0.2) is 0 Å². The lowest BCUT2D eigenvalue weighted by Gasteiger charge is -2.15. The fourth-order valence-corrected chi connectivity index (χ4v) is 2.33. The van der Waals surface area contributed by atoms with E-state index < -0.39 is 18.0 Å². The molecule has 5 N–H and O–H groups in total. The molecule has 1 aromatic rings. The summed E-state index contributed by atoms with van der Waals surface area (Å²) < 4.78 is 0. The SMILES string of the molecule is CC(=O)O.O=C(/C=C/c1cnc(N[C@@H]2CCN(C(=O)O)C2)c(Cl)c1)NO. The van der Waals surface area contributed by atoms with Gasteiger partial charge in [-0.25, -0.2) is 15.3 Å². The first-order valence-electron chi connectivity index (χ1n) is 7.44. The van der Waals surface area contributed by atoms with Gasteiger partial charge in [-0.1, -0.05) is 11.6 Å². The maximum atomic E-state index is 10.9. The Bertz CT molecular complexity index is 693. The molecule has 1 fully saturated rings. The highest BCUT2D eigenvalue weighted by atomic mass is 35.5. The van der Waals surface area contributed by atoms with Crippen molar-refractivity contribution in [3.8, 4) is 0 Å². The van der Waals surface area contributed by atoms with Gasteiger partial charge in [0.1, 0.15) is 5.82 Å². The van der Waals surface area contributed by atoms with Crippen molar-refractivity contribution in [2.24, 2.45) is 0 Å². The summed E-state index contributed by atoms with van der Waals surface area (Å²) in [7, 11) is 0. The molecule has 1 aliphatic heterocycles. The number of aliphatic carboxylic acids is 1. The summed E-state index contributed by atoms with van der Waals surface area (Å²) in [6.07, 6.45) is 3.85. The summed E-state index contributed by atoms with van der Waals surface area (Å²) in [5, 5.41) is 28.2. The number of hydroxylamine groups is 1. The number of likely N-dealkylation sites (tertiary alicyclic amines) is 1. The second kappa shape index (κ2) is 10.2. The van der Waals surface area contributed by atoms with Crippen LogP contribution in [0.15, 0.2) is 18.3 Å². The molecule has 2 amide bonds. The summed E-state index contributed by atoms with van der Waals surface area (Å²) in [5.41, 5.74) is 2.07. The van der Waals surface area contributed by atoms with E-state index in [1.54, 1.807) is 6.07 Å². The summed E-state index contributed by atoms with van der Waals surface area (Å²) in [6, 6.07) is 1.57. The van der Waals surface area contributed by atoms with Gasteiger partial charge in [-0.15, -0.1) is 0 Å². The number of carboxylic acids is 1. The van der Waals surface area contributed by atoms with Gasteiger partial charge in [-0.2, -0.15) is 0 Å². The van der Waals surface area contributed by atoms with Crippen molar-refractivity contribution in [3.63, 3.8) is 0 Å². The molecule has 1 aromatic heterocycles. The maximum absolute atomic E-state index is 10.9. The van der Waals surface area contributed by atoms with Crippen molar-refractivity contribution in [3.05, 3.63) is 28.9 Å². The van der Waals surface area contributed by atoms with E-state index in [1.807, 2.05) is 0 Å². The number of nitrogens with zero attached hydrogens (tertiary/aromatic N) is 2. The minimum atomic E-state index is -0.939. The molecule has 0 aliphatic carbocycles. The highest BCUT2D eigenvalue weighted by molar-refractivity contribution is 6.33. The molecular formula is C15H19ClN4O6. The number of hydrogen-bond donors (Lipinski definition) is 5. The van der Waals surface area contributed by atoms with E-state index in [9.17, 15) is 9.59 Å². The summed E-state index contributed by atoms with van der Waals surface area (Å²) in [5.74, 6) is -1.03. The average Bonchev–Trinajstić information content (AvgIpc) is 3.03. The predicted octanol–water partition coefficient (Wildman–Crippen LogP) is 1.51.